The first-order valence-corrected chi connectivity index (χ1v) is 6.10. The van der Waals surface area contributed by atoms with E-state index in [9.17, 15) is 20.1 Å². The van der Waals surface area contributed by atoms with Crippen molar-refractivity contribution in [2.24, 2.45) is 0 Å². The van der Waals surface area contributed by atoms with Crippen LogP contribution in [-0.2, 0) is 4.74 Å². The topological polar surface area (TPSA) is 133 Å². The lowest BCUT2D eigenvalue weighted by Gasteiger charge is -2.17. The van der Waals surface area contributed by atoms with Gasteiger partial charge in [-0.1, -0.05) is 0 Å². The first kappa shape index (κ1) is 13.2. The molecular formula is C11H14N4O5. The van der Waals surface area contributed by atoms with Gasteiger partial charge in [-0.15, -0.1) is 0 Å². The molecule has 108 valence electrons. The molecule has 9 nitrogen and oxygen atoms in total. The summed E-state index contributed by atoms with van der Waals surface area (Å²) >= 11 is 0. The predicted octanol–water partition coefficient (Wildman–Crippen LogP) is -1.88. The highest BCUT2D eigenvalue weighted by molar-refractivity contribution is 5.68. The van der Waals surface area contributed by atoms with Crippen molar-refractivity contribution in [3.05, 3.63) is 23.0 Å². The van der Waals surface area contributed by atoms with Crippen LogP contribution in [0.3, 0.4) is 0 Å². The quantitative estimate of drug-likeness (QED) is 0.506. The summed E-state index contributed by atoms with van der Waals surface area (Å²) in [6, 6.07) is 0. The summed E-state index contributed by atoms with van der Waals surface area (Å²) in [6.45, 7) is 1.46. The fourth-order valence-corrected chi connectivity index (χ4v) is 2.36. The van der Waals surface area contributed by atoms with Crippen molar-refractivity contribution in [1.29, 1.82) is 0 Å². The van der Waals surface area contributed by atoms with Crippen LogP contribution >= 0.6 is 0 Å². The van der Waals surface area contributed by atoms with Gasteiger partial charge < -0.3 is 25.0 Å². The molecule has 0 aromatic carbocycles. The summed E-state index contributed by atoms with van der Waals surface area (Å²) in [4.78, 5) is 21.9. The van der Waals surface area contributed by atoms with Gasteiger partial charge in [0.25, 0.3) is 5.56 Å². The van der Waals surface area contributed by atoms with E-state index in [1.807, 2.05) is 0 Å². The Hall–Kier alpha value is -1.81. The molecule has 1 aliphatic rings. The van der Waals surface area contributed by atoms with Gasteiger partial charge in [0.2, 0.25) is 0 Å². The van der Waals surface area contributed by atoms with Crippen LogP contribution in [0.25, 0.3) is 11.2 Å². The van der Waals surface area contributed by atoms with E-state index in [0.29, 0.717) is 0 Å². The van der Waals surface area contributed by atoms with Crippen molar-refractivity contribution in [3.8, 4) is 0 Å². The van der Waals surface area contributed by atoms with Crippen molar-refractivity contribution >= 4 is 11.2 Å². The Kier molecular flexibility index (Phi) is 3.05. The second-order valence-electron chi connectivity index (χ2n) is 4.77. The number of hydrogen-bond donors (Lipinski definition) is 4. The molecule has 20 heavy (non-hydrogen) atoms. The molecule has 1 fully saturated rings. The monoisotopic (exact) mass is 282 g/mol. The molecule has 9 heteroatoms. The number of aromatic nitrogens is 4. The lowest BCUT2D eigenvalue weighted by molar-refractivity contribution is -0.0777. The summed E-state index contributed by atoms with van der Waals surface area (Å²) in [5.74, 6) is 0. The van der Waals surface area contributed by atoms with Crippen molar-refractivity contribution in [2.45, 2.75) is 37.6 Å². The zero-order valence-corrected chi connectivity index (χ0v) is 10.5. The van der Waals surface area contributed by atoms with Crippen molar-refractivity contribution in [1.82, 2.24) is 19.5 Å². The smallest absolute Gasteiger partial charge is 0.278 e. The Bertz CT molecular complexity index is 681. The number of ether oxygens (including phenoxy) is 1. The second kappa shape index (κ2) is 4.63. The molecule has 0 saturated carbocycles. The molecule has 0 aliphatic carbocycles. The lowest BCUT2D eigenvalue weighted by Crippen LogP contribution is -2.37. The summed E-state index contributed by atoms with van der Waals surface area (Å²) < 4.78 is 6.82. The Labute approximate surface area is 112 Å². The predicted molar refractivity (Wildman–Crippen MR) is 65.8 cm³/mol. The van der Waals surface area contributed by atoms with E-state index in [4.69, 9.17) is 4.74 Å². The van der Waals surface area contributed by atoms with Crippen molar-refractivity contribution < 1.29 is 20.1 Å². The number of aliphatic hydroxyl groups is 3. The minimum absolute atomic E-state index is 0.110. The van der Waals surface area contributed by atoms with Gasteiger partial charge in [-0.25, -0.2) is 9.97 Å². The summed E-state index contributed by atoms with van der Waals surface area (Å²) in [5, 5.41) is 29.4. The van der Waals surface area contributed by atoms with Crippen LogP contribution in [0.4, 0.5) is 0 Å². The van der Waals surface area contributed by atoms with Gasteiger partial charge in [0, 0.05) is 0 Å². The molecule has 1 aliphatic heterocycles. The molecule has 2 aromatic rings. The molecule has 5 atom stereocenters. The zero-order chi connectivity index (χ0) is 14.4. The zero-order valence-electron chi connectivity index (χ0n) is 10.5. The highest BCUT2D eigenvalue weighted by Crippen LogP contribution is 2.32. The summed E-state index contributed by atoms with van der Waals surface area (Å²) in [7, 11) is 0. The fraction of sp³-hybridized carbons (Fsp3) is 0.545. The maximum atomic E-state index is 11.6. The highest BCUT2D eigenvalue weighted by Gasteiger charge is 2.46. The summed E-state index contributed by atoms with van der Waals surface area (Å²) in [5.41, 5.74) is -0.0663. The number of imidazole rings is 1. The van der Waals surface area contributed by atoms with Gasteiger partial charge in [-0.3, -0.25) is 9.36 Å². The molecule has 0 bridgehead atoms. The number of H-pyrrole nitrogens is 1. The Morgan fingerprint density at radius 2 is 2.15 bits per heavy atom. The summed E-state index contributed by atoms with van der Waals surface area (Å²) in [6.07, 6.45) is -2.81. The largest absolute Gasteiger partial charge is 0.391 e. The molecule has 1 saturated heterocycles. The Morgan fingerprint density at radius 3 is 2.80 bits per heavy atom. The van der Waals surface area contributed by atoms with Gasteiger partial charge in [0.15, 0.2) is 17.4 Å². The van der Waals surface area contributed by atoms with E-state index in [1.165, 1.54) is 24.1 Å². The lowest BCUT2D eigenvalue weighted by atomic mass is 10.1. The molecule has 3 heterocycles. The van der Waals surface area contributed by atoms with E-state index in [0.717, 1.165) is 0 Å². The molecular weight excluding hydrogens is 268 g/mol. The van der Waals surface area contributed by atoms with E-state index in [2.05, 4.69) is 15.0 Å². The van der Waals surface area contributed by atoms with Gasteiger partial charge in [0.05, 0.1) is 18.8 Å². The SMILES string of the molecule is CC(O)[C@H]1O[C@@H](n2cnc3c(=O)[nH]cnc32)[C@H](O)[C@@H]1O. The fourth-order valence-electron chi connectivity index (χ4n) is 2.36. The van der Waals surface area contributed by atoms with Crippen LogP contribution < -0.4 is 5.56 Å². The third-order valence-electron chi connectivity index (χ3n) is 3.39. The molecule has 0 amide bonds. The first-order valence-electron chi connectivity index (χ1n) is 6.10. The molecule has 0 radical (unpaired) electrons. The second-order valence-corrected chi connectivity index (χ2v) is 4.77. The van der Waals surface area contributed by atoms with Crippen molar-refractivity contribution in [2.75, 3.05) is 0 Å². The number of aliphatic hydroxyl groups excluding tert-OH is 3. The van der Waals surface area contributed by atoms with Gasteiger partial charge in [0.1, 0.15) is 18.3 Å². The van der Waals surface area contributed by atoms with Gasteiger partial charge in [-0.05, 0) is 6.92 Å². The minimum atomic E-state index is -1.26. The van der Waals surface area contributed by atoms with Crippen LogP contribution in [0.5, 0.6) is 0 Å². The minimum Gasteiger partial charge on any atom is -0.391 e. The maximum Gasteiger partial charge on any atom is 0.278 e. The van der Waals surface area contributed by atoms with E-state index in [-0.39, 0.29) is 11.2 Å². The first-order chi connectivity index (χ1) is 9.50. The number of fused-ring (bicyclic) bond motifs is 1. The van der Waals surface area contributed by atoms with Crippen LogP contribution in [0.1, 0.15) is 13.2 Å². The number of nitrogens with zero attached hydrogens (tertiary/aromatic N) is 3. The van der Waals surface area contributed by atoms with Crippen LogP contribution in [-0.4, -0.2) is 59.3 Å². The number of aromatic amines is 1. The van der Waals surface area contributed by atoms with Gasteiger partial charge >= 0.3 is 0 Å². The van der Waals surface area contributed by atoms with E-state index < -0.39 is 36.2 Å². The molecule has 2 aromatic heterocycles. The van der Waals surface area contributed by atoms with Crippen molar-refractivity contribution in [3.63, 3.8) is 0 Å². The van der Waals surface area contributed by atoms with Crippen LogP contribution in [0.2, 0.25) is 0 Å². The highest BCUT2D eigenvalue weighted by atomic mass is 16.6. The number of nitrogens with one attached hydrogen (secondary N) is 1. The van der Waals surface area contributed by atoms with E-state index in [1.54, 1.807) is 0 Å². The molecule has 4 N–H and O–H groups in total. The standard InChI is InChI=1S/C11H14N4O5/c1-4(16)8-6(17)7(18)11(20-8)15-3-14-5-9(15)12-2-13-10(5)19/h2-4,6-8,11,16-18H,1H3,(H,12,13,19)/t4?,6-,7+,8+,11+/m0/s1. The number of hydrogen-bond acceptors (Lipinski definition) is 7. The molecule has 1 unspecified atom stereocenters. The third kappa shape index (κ3) is 1.83. The van der Waals surface area contributed by atoms with Crippen LogP contribution in [0.15, 0.2) is 17.4 Å². The molecule has 3 rings (SSSR count). The average Bonchev–Trinajstić information content (AvgIpc) is 2.94. The third-order valence-corrected chi connectivity index (χ3v) is 3.39. The van der Waals surface area contributed by atoms with Gasteiger partial charge in [-0.2, -0.15) is 0 Å². The van der Waals surface area contributed by atoms with E-state index >= 15 is 0 Å². The Balaban J connectivity index is 2.04. The average molecular weight is 282 g/mol. The Morgan fingerprint density at radius 1 is 1.40 bits per heavy atom. The maximum absolute atomic E-state index is 11.6. The normalized spacial score (nSPS) is 31.8. The van der Waals surface area contributed by atoms with Crippen LogP contribution in [0, 0.1) is 0 Å². The number of rotatable bonds is 2. The molecule has 0 spiro atoms.